The van der Waals surface area contributed by atoms with Gasteiger partial charge in [0.25, 0.3) is 0 Å². The van der Waals surface area contributed by atoms with Crippen LogP contribution in [0.4, 0.5) is 13.2 Å². The van der Waals surface area contributed by atoms with Gasteiger partial charge >= 0.3 is 6.18 Å². The van der Waals surface area contributed by atoms with Crippen molar-refractivity contribution in [2.75, 3.05) is 26.2 Å². The molecule has 2 aliphatic heterocycles. The number of rotatable bonds is 6. The van der Waals surface area contributed by atoms with Crippen LogP contribution in [0.2, 0.25) is 0 Å². The van der Waals surface area contributed by atoms with E-state index in [-0.39, 0.29) is 23.8 Å². The zero-order chi connectivity index (χ0) is 22.4. The molecule has 1 aromatic rings. The molecule has 1 aromatic carbocycles. The van der Waals surface area contributed by atoms with Gasteiger partial charge in [0.05, 0.1) is 5.56 Å². The number of carbonyl (C=O) groups excluding carboxylic acids is 2. The molecule has 2 heterocycles. The summed E-state index contributed by atoms with van der Waals surface area (Å²) in [6, 6.07) is 5.58. The van der Waals surface area contributed by atoms with Crippen LogP contribution in [0.25, 0.3) is 0 Å². The number of alkyl halides is 3. The van der Waals surface area contributed by atoms with Crippen molar-refractivity contribution in [1.29, 1.82) is 0 Å². The maximum Gasteiger partial charge on any atom is 0.416 e. The average molecular weight is 440 g/mol. The van der Waals surface area contributed by atoms with E-state index in [2.05, 4.69) is 10.2 Å². The number of benzene rings is 1. The SMILES string of the molecule is CCCC(=O)N1CCC(C(=O)NC2CCN(Cc3cccc(C(F)(F)F)c3)CC2)CC1. The maximum atomic E-state index is 12.9. The minimum Gasteiger partial charge on any atom is -0.353 e. The molecule has 2 fully saturated rings. The highest BCUT2D eigenvalue weighted by atomic mass is 19.4. The number of hydrogen-bond acceptors (Lipinski definition) is 3. The Morgan fingerprint density at radius 1 is 1.06 bits per heavy atom. The molecule has 3 rings (SSSR count). The molecule has 2 amide bonds. The molecule has 0 spiro atoms. The van der Waals surface area contributed by atoms with Crippen molar-refractivity contribution in [3.05, 3.63) is 35.4 Å². The van der Waals surface area contributed by atoms with E-state index in [0.717, 1.165) is 38.4 Å². The standard InChI is InChI=1S/C23H32F3N3O2/c1-2-4-21(30)29-13-7-18(8-14-29)22(31)27-20-9-11-28(12-10-20)16-17-5-3-6-19(15-17)23(24,25)26/h3,5-6,15,18,20H,2,4,7-14,16H2,1H3,(H,27,31). The van der Waals surface area contributed by atoms with E-state index in [1.807, 2.05) is 11.8 Å². The van der Waals surface area contributed by atoms with E-state index in [1.54, 1.807) is 6.07 Å². The average Bonchev–Trinajstić information content (AvgIpc) is 2.75. The zero-order valence-electron chi connectivity index (χ0n) is 18.1. The third kappa shape index (κ3) is 6.69. The highest BCUT2D eigenvalue weighted by Crippen LogP contribution is 2.30. The summed E-state index contributed by atoms with van der Waals surface area (Å²) in [7, 11) is 0. The minimum absolute atomic E-state index is 0.0474. The minimum atomic E-state index is -4.33. The molecule has 0 atom stereocenters. The van der Waals surface area contributed by atoms with E-state index in [4.69, 9.17) is 0 Å². The van der Waals surface area contributed by atoms with Gasteiger partial charge in [0.2, 0.25) is 11.8 Å². The van der Waals surface area contributed by atoms with E-state index in [0.29, 0.717) is 44.5 Å². The summed E-state index contributed by atoms with van der Waals surface area (Å²) >= 11 is 0. The third-order valence-electron chi connectivity index (χ3n) is 6.28. The number of amides is 2. The third-order valence-corrected chi connectivity index (χ3v) is 6.28. The van der Waals surface area contributed by atoms with Gasteiger partial charge in [0.15, 0.2) is 0 Å². The molecule has 5 nitrogen and oxygen atoms in total. The fourth-order valence-corrected chi connectivity index (χ4v) is 4.42. The molecule has 0 saturated carbocycles. The molecule has 2 saturated heterocycles. The normalized spacial score (nSPS) is 19.4. The Balaban J connectivity index is 1.40. The summed E-state index contributed by atoms with van der Waals surface area (Å²) in [6.07, 6.45) is 0.0663. The number of carbonyl (C=O) groups is 2. The first-order chi connectivity index (χ1) is 14.8. The highest BCUT2D eigenvalue weighted by molar-refractivity contribution is 5.80. The Morgan fingerprint density at radius 3 is 2.35 bits per heavy atom. The van der Waals surface area contributed by atoms with Gasteiger partial charge in [-0.3, -0.25) is 14.5 Å². The van der Waals surface area contributed by atoms with Gasteiger partial charge in [-0.2, -0.15) is 13.2 Å². The largest absolute Gasteiger partial charge is 0.416 e. The maximum absolute atomic E-state index is 12.9. The summed E-state index contributed by atoms with van der Waals surface area (Å²) in [6.45, 7) is 5.24. The van der Waals surface area contributed by atoms with Gasteiger partial charge in [-0.05, 0) is 43.7 Å². The number of nitrogens with one attached hydrogen (secondary N) is 1. The fourth-order valence-electron chi connectivity index (χ4n) is 4.42. The van der Waals surface area contributed by atoms with Crippen molar-refractivity contribution in [3.63, 3.8) is 0 Å². The second-order valence-electron chi connectivity index (χ2n) is 8.66. The number of halogens is 3. The second-order valence-corrected chi connectivity index (χ2v) is 8.66. The van der Waals surface area contributed by atoms with E-state index in [1.165, 1.54) is 12.1 Å². The Bertz CT molecular complexity index is 753. The van der Waals surface area contributed by atoms with Crippen LogP contribution >= 0.6 is 0 Å². The first-order valence-electron chi connectivity index (χ1n) is 11.2. The van der Waals surface area contributed by atoms with Gasteiger partial charge in [-0.1, -0.05) is 25.1 Å². The highest BCUT2D eigenvalue weighted by Gasteiger charge is 2.31. The quantitative estimate of drug-likeness (QED) is 0.733. The molecular weight excluding hydrogens is 407 g/mol. The molecule has 0 radical (unpaired) electrons. The summed E-state index contributed by atoms with van der Waals surface area (Å²) in [5.41, 5.74) is 0.0382. The topological polar surface area (TPSA) is 52.7 Å². The smallest absolute Gasteiger partial charge is 0.353 e. The number of likely N-dealkylation sites (tertiary alicyclic amines) is 2. The molecule has 0 bridgehead atoms. The van der Waals surface area contributed by atoms with Gasteiger partial charge in [0.1, 0.15) is 0 Å². The lowest BCUT2D eigenvalue weighted by Crippen LogP contribution is -2.48. The first kappa shape index (κ1) is 23.6. The molecular formula is C23H32F3N3O2. The van der Waals surface area contributed by atoms with E-state index in [9.17, 15) is 22.8 Å². The van der Waals surface area contributed by atoms with Crippen molar-refractivity contribution in [2.45, 2.75) is 64.2 Å². The van der Waals surface area contributed by atoms with Crippen LogP contribution in [-0.2, 0) is 22.3 Å². The van der Waals surface area contributed by atoms with Crippen LogP contribution in [0.3, 0.4) is 0 Å². The number of piperidine rings is 2. The molecule has 1 N–H and O–H groups in total. The van der Waals surface area contributed by atoms with Crippen LogP contribution in [0.15, 0.2) is 24.3 Å². The predicted molar refractivity (Wildman–Crippen MR) is 112 cm³/mol. The van der Waals surface area contributed by atoms with Crippen LogP contribution in [-0.4, -0.2) is 53.8 Å². The summed E-state index contributed by atoms with van der Waals surface area (Å²) < 4.78 is 38.7. The van der Waals surface area contributed by atoms with Crippen molar-refractivity contribution >= 4 is 11.8 Å². The summed E-state index contributed by atoms with van der Waals surface area (Å²) in [4.78, 5) is 28.6. The van der Waals surface area contributed by atoms with Crippen LogP contribution in [0.5, 0.6) is 0 Å². The Morgan fingerprint density at radius 2 is 1.74 bits per heavy atom. The first-order valence-corrected chi connectivity index (χ1v) is 11.2. The van der Waals surface area contributed by atoms with Gasteiger partial charge in [-0.15, -0.1) is 0 Å². The van der Waals surface area contributed by atoms with Gasteiger partial charge in [-0.25, -0.2) is 0 Å². The Labute approximate surface area is 182 Å². The lowest BCUT2D eigenvalue weighted by molar-refractivity contribution is -0.137. The number of nitrogens with zero attached hydrogens (tertiary/aromatic N) is 2. The monoisotopic (exact) mass is 439 g/mol. The molecule has 0 aliphatic carbocycles. The summed E-state index contributed by atoms with van der Waals surface area (Å²) in [5, 5.41) is 3.15. The number of hydrogen-bond donors (Lipinski definition) is 1. The van der Waals surface area contributed by atoms with E-state index >= 15 is 0 Å². The molecule has 0 aromatic heterocycles. The fraction of sp³-hybridized carbons (Fsp3) is 0.652. The lowest BCUT2D eigenvalue weighted by Gasteiger charge is -2.35. The lowest BCUT2D eigenvalue weighted by atomic mass is 9.94. The van der Waals surface area contributed by atoms with Crippen molar-refractivity contribution in [2.24, 2.45) is 5.92 Å². The summed E-state index contributed by atoms with van der Waals surface area (Å²) in [5.74, 6) is 0.197. The Hall–Kier alpha value is -2.09. The molecule has 31 heavy (non-hydrogen) atoms. The van der Waals surface area contributed by atoms with Gasteiger partial charge < -0.3 is 10.2 Å². The molecule has 0 unspecified atom stereocenters. The van der Waals surface area contributed by atoms with E-state index < -0.39 is 11.7 Å². The van der Waals surface area contributed by atoms with Crippen molar-refractivity contribution in [1.82, 2.24) is 15.1 Å². The Kier molecular flexibility index (Phi) is 7.97. The molecule has 2 aliphatic rings. The van der Waals surface area contributed by atoms with Crippen molar-refractivity contribution in [3.8, 4) is 0 Å². The predicted octanol–water partition coefficient (Wildman–Crippen LogP) is 3.82. The van der Waals surface area contributed by atoms with Crippen LogP contribution < -0.4 is 5.32 Å². The zero-order valence-corrected chi connectivity index (χ0v) is 18.1. The van der Waals surface area contributed by atoms with Gasteiger partial charge in [0, 0.05) is 51.1 Å². The molecule has 8 heteroatoms. The second kappa shape index (κ2) is 10.5. The van der Waals surface area contributed by atoms with Crippen LogP contribution in [0, 0.1) is 5.92 Å². The molecule has 172 valence electrons. The van der Waals surface area contributed by atoms with Crippen LogP contribution in [0.1, 0.15) is 56.6 Å². The van der Waals surface area contributed by atoms with Crippen molar-refractivity contribution < 1.29 is 22.8 Å².